The molecule has 1 rings (SSSR count). The van der Waals surface area contributed by atoms with E-state index in [9.17, 15) is 18.0 Å². The summed E-state index contributed by atoms with van der Waals surface area (Å²) in [5.74, 6) is -0.732. The number of carbonyl (C=O) groups excluding carboxylic acids is 1. The highest BCUT2D eigenvalue weighted by atomic mass is 35.5. The molecule has 1 aromatic heterocycles. The molecule has 0 bridgehead atoms. The number of hydrogen-bond acceptors (Lipinski definition) is 3. The molecule has 0 aliphatic carbocycles. The monoisotopic (exact) mass is 225 g/mol. The highest BCUT2D eigenvalue weighted by Gasteiger charge is 2.33. The highest BCUT2D eigenvalue weighted by molar-refractivity contribution is 6.32. The van der Waals surface area contributed by atoms with Gasteiger partial charge in [0.05, 0.1) is 5.56 Å². The lowest BCUT2D eigenvalue weighted by atomic mass is 10.3. The average molecular weight is 226 g/mol. The second kappa shape index (κ2) is 3.83. The third-order valence-corrected chi connectivity index (χ3v) is 1.49. The summed E-state index contributed by atoms with van der Waals surface area (Å²) in [6.07, 6.45) is -2.82. The Morgan fingerprint density at radius 2 is 2.07 bits per heavy atom. The van der Waals surface area contributed by atoms with Gasteiger partial charge in [-0.05, 0) is 0 Å². The molecule has 0 N–H and O–H groups in total. The Bertz CT molecular complexity index is 353. The zero-order valence-corrected chi connectivity index (χ0v) is 7.26. The van der Waals surface area contributed by atoms with E-state index >= 15 is 0 Å². The van der Waals surface area contributed by atoms with Crippen LogP contribution in [-0.2, 0) is 0 Å². The Hall–Kier alpha value is -1.30. The third-order valence-electron chi connectivity index (χ3n) is 1.23. The van der Waals surface area contributed by atoms with E-state index in [1.165, 1.54) is 0 Å². The van der Waals surface area contributed by atoms with Crippen LogP contribution in [0.15, 0.2) is 12.4 Å². The van der Waals surface area contributed by atoms with E-state index in [-0.39, 0.29) is 16.9 Å². The van der Waals surface area contributed by atoms with Crippen LogP contribution in [0.2, 0.25) is 5.02 Å². The van der Waals surface area contributed by atoms with Gasteiger partial charge in [-0.2, -0.15) is 0 Å². The van der Waals surface area contributed by atoms with E-state index in [0.29, 0.717) is 0 Å². The molecule has 0 radical (unpaired) electrons. The number of halogens is 4. The molecule has 0 fully saturated rings. The molecule has 0 aliphatic rings. The van der Waals surface area contributed by atoms with Crippen LogP contribution >= 0.6 is 11.6 Å². The molecule has 1 heterocycles. The van der Waals surface area contributed by atoms with Crippen molar-refractivity contribution in [3.05, 3.63) is 23.0 Å². The predicted molar refractivity (Wildman–Crippen MR) is 41.3 cm³/mol. The summed E-state index contributed by atoms with van der Waals surface area (Å²) in [6, 6.07) is 0. The minimum Gasteiger partial charge on any atom is -0.403 e. The van der Waals surface area contributed by atoms with Crippen LogP contribution in [-0.4, -0.2) is 17.6 Å². The predicted octanol–water partition coefficient (Wildman–Crippen LogP) is 2.45. The largest absolute Gasteiger partial charge is 0.573 e. The van der Waals surface area contributed by atoms with Crippen LogP contribution in [0, 0.1) is 0 Å². The average Bonchev–Trinajstić information content (AvgIpc) is 2.06. The van der Waals surface area contributed by atoms with E-state index < -0.39 is 12.1 Å². The van der Waals surface area contributed by atoms with Gasteiger partial charge in [0.2, 0.25) is 0 Å². The molecular formula is C7H3ClF3NO2. The summed E-state index contributed by atoms with van der Waals surface area (Å²) < 4.78 is 39.0. The van der Waals surface area contributed by atoms with Crippen LogP contribution in [0.5, 0.6) is 5.75 Å². The Labute approximate surface area is 81.5 Å². The number of aldehydes is 1. The minimum absolute atomic E-state index is 0.181. The van der Waals surface area contributed by atoms with Gasteiger partial charge < -0.3 is 4.74 Å². The van der Waals surface area contributed by atoms with Crippen molar-refractivity contribution in [2.75, 3.05) is 0 Å². The number of hydrogen-bond donors (Lipinski definition) is 0. The van der Waals surface area contributed by atoms with E-state index in [1.807, 2.05) is 0 Å². The van der Waals surface area contributed by atoms with Crippen molar-refractivity contribution in [3.63, 3.8) is 0 Å². The highest BCUT2D eigenvalue weighted by Crippen LogP contribution is 2.31. The van der Waals surface area contributed by atoms with Crippen molar-refractivity contribution in [3.8, 4) is 5.75 Å². The van der Waals surface area contributed by atoms with Crippen LogP contribution < -0.4 is 4.74 Å². The number of rotatable bonds is 2. The van der Waals surface area contributed by atoms with Crippen LogP contribution in [0.3, 0.4) is 0 Å². The lowest BCUT2D eigenvalue weighted by molar-refractivity contribution is -0.274. The maximum Gasteiger partial charge on any atom is 0.573 e. The van der Waals surface area contributed by atoms with Crippen molar-refractivity contribution in [2.45, 2.75) is 6.36 Å². The summed E-state index contributed by atoms with van der Waals surface area (Å²) in [6.45, 7) is 0. The zero-order valence-electron chi connectivity index (χ0n) is 6.51. The van der Waals surface area contributed by atoms with E-state index in [4.69, 9.17) is 11.6 Å². The van der Waals surface area contributed by atoms with Crippen molar-refractivity contribution >= 4 is 17.9 Å². The molecule has 76 valence electrons. The zero-order chi connectivity index (χ0) is 10.8. The molecule has 0 unspecified atom stereocenters. The molecule has 0 aliphatic heterocycles. The first kappa shape index (κ1) is 10.8. The quantitative estimate of drug-likeness (QED) is 0.726. The van der Waals surface area contributed by atoms with Gasteiger partial charge >= 0.3 is 6.36 Å². The van der Waals surface area contributed by atoms with Crippen LogP contribution in [0.4, 0.5) is 13.2 Å². The summed E-state index contributed by atoms with van der Waals surface area (Å²) in [4.78, 5) is 13.8. The normalized spacial score (nSPS) is 11.1. The number of aromatic nitrogens is 1. The molecule has 14 heavy (non-hydrogen) atoms. The van der Waals surface area contributed by atoms with Gasteiger partial charge in [0.15, 0.2) is 12.0 Å². The van der Waals surface area contributed by atoms with E-state index in [0.717, 1.165) is 12.4 Å². The maximum atomic E-state index is 11.8. The van der Waals surface area contributed by atoms with E-state index in [1.54, 1.807) is 0 Å². The third kappa shape index (κ3) is 2.59. The van der Waals surface area contributed by atoms with Gasteiger partial charge in [0, 0.05) is 12.4 Å². The van der Waals surface area contributed by atoms with Gasteiger partial charge in [-0.15, -0.1) is 13.2 Å². The van der Waals surface area contributed by atoms with Gasteiger partial charge in [-0.1, -0.05) is 11.6 Å². The summed E-state index contributed by atoms with van der Waals surface area (Å²) in [7, 11) is 0. The molecule has 0 atom stereocenters. The van der Waals surface area contributed by atoms with Gasteiger partial charge in [-0.3, -0.25) is 9.78 Å². The molecule has 3 nitrogen and oxygen atoms in total. The van der Waals surface area contributed by atoms with Crippen LogP contribution in [0.1, 0.15) is 10.4 Å². The number of nitrogens with zero attached hydrogens (tertiary/aromatic N) is 1. The minimum atomic E-state index is -4.89. The fourth-order valence-electron chi connectivity index (χ4n) is 0.746. The Kier molecular flexibility index (Phi) is 2.95. The van der Waals surface area contributed by atoms with E-state index in [2.05, 4.69) is 9.72 Å². The molecular weight excluding hydrogens is 223 g/mol. The Morgan fingerprint density at radius 1 is 1.43 bits per heavy atom. The first-order valence-corrected chi connectivity index (χ1v) is 3.66. The first-order valence-electron chi connectivity index (χ1n) is 3.28. The van der Waals surface area contributed by atoms with Gasteiger partial charge in [0.1, 0.15) is 5.02 Å². The standard InChI is InChI=1S/C7H3ClF3NO2/c8-5-2-12-1-4(3-13)6(5)14-7(9,10)11/h1-3H. The maximum absolute atomic E-state index is 11.8. The summed E-state index contributed by atoms with van der Waals surface area (Å²) in [5.41, 5.74) is -0.352. The molecule has 1 aromatic rings. The second-order valence-electron chi connectivity index (χ2n) is 2.21. The Balaban J connectivity index is 3.11. The molecule has 0 saturated carbocycles. The number of carbonyl (C=O) groups is 1. The molecule has 0 amide bonds. The number of alkyl halides is 3. The number of ether oxygens (including phenoxy) is 1. The first-order chi connectivity index (χ1) is 6.44. The smallest absolute Gasteiger partial charge is 0.403 e. The topological polar surface area (TPSA) is 39.2 Å². The van der Waals surface area contributed by atoms with Gasteiger partial charge in [0.25, 0.3) is 0 Å². The SMILES string of the molecule is O=Cc1cncc(Cl)c1OC(F)(F)F. The lowest BCUT2D eigenvalue weighted by Gasteiger charge is -2.11. The van der Waals surface area contributed by atoms with Crippen LogP contribution in [0.25, 0.3) is 0 Å². The van der Waals surface area contributed by atoms with Gasteiger partial charge in [-0.25, -0.2) is 0 Å². The van der Waals surface area contributed by atoms with Crippen molar-refractivity contribution in [2.24, 2.45) is 0 Å². The molecule has 7 heteroatoms. The summed E-state index contributed by atoms with van der Waals surface area (Å²) in [5, 5.41) is -0.369. The second-order valence-corrected chi connectivity index (χ2v) is 2.61. The number of pyridine rings is 1. The Morgan fingerprint density at radius 3 is 2.57 bits per heavy atom. The van der Waals surface area contributed by atoms with Crippen molar-refractivity contribution in [1.29, 1.82) is 0 Å². The fraction of sp³-hybridized carbons (Fsp3) is 0.143. The molecule has 0 aromatic carbocycles. The summed E-state index contributed by atoms with van der Waals surface area (Å²) >= 11 is 5.37. The molecule has 0 saturated heterocycles. The van der Waals surface area contributed by atoms with Crippen molar-refractivity contribution < 1.29 is 22.7 Å². The fourth-order valence-corrected chi connectivity index (χ4v) is 0.950. The molecule has 0 spiro atoms. The van der Waals surface area contributed by atoms with Crippen molar-refractivity contribution in [1.82, 2.24) is 4.98 Å². The lowest BCUT2D eigenvalue weighted by Crippen LogP contribution is -2.18.